The first-order valence-corrected chi connectivity index (χ1v) is 48.2. The fourth-order valence-electron chi connectivity index (χ4n) is 14.6. The number of aryl methyl sites for hydroxylation is 2. The third-order valence-corrected chi connectivity index (χ3v) is 25.6. The van der Waals surface area contributed by atoms with E-state index in [-0.39, 0.29) is 11.9 Å². The van der Waals surface area contributed by atoms with Crippen LogP contribution in [0, 0.1) is 0 Å². The molecule has 0 bridgehead atoms. The Kier molecular flexibility index (Phi) is 28.9. The molecule has 23 rings (SSSR count). The number of carbonyl (C=O) groups is 1. The van der Waals surface area contributed by atoms with Gasteiger partial charge in [0.05, 0.1) is 35.9 Å². The minimum Gasteiger partial charge on any atom is -0.439 e. The molecular weight excluding hydrogens is 1830 g/mol. The monoisotopic (exact) mass is 1920 g/mol. The van der Waals surface area contributed by atoms with Crippen LogP contribution >= 0.6 is 56.7 Å². The third kappa shape index (κ3) is 24.8. The van der Waals surface area contributed by atoms with Crippen molar-refractivity contribution in [1.29, 1.82) is 0 Å². The van der Waals surface area contributed by atoms with E-state index < -0.39 is 0 Å². The SMILES string of the molecule is C=CC(=O)N1CCCCC(Nc2nccc(Nc3nc4ccc(Oc5ccccc5)nc4s3)n2)C1.Cn1cc(Nc2nc3ccc(Oc4ccccc4)nc3s2)cn1.Cn1ccc(Nc2nc3ccc(Oc4ccccc4)nc3s2)n1.c1ccc(Oc2ccc3nc(Nc4ccn(C5CCOCC5)n4)sc3n2)cc1.c1ccc(Oc2ccc3nc(Nc4cnn(C5CCNCC5)c4)sc3n2)cc1. The van der Waals surface area contributed by atoms with E-state index in [0.29, 0.717) is 64.9 Å². The molecule has 18 heterocycles. The topological polar surface area (TPSA) is 386 Å². The van der Waals surface area contributed by atoms with Gasteiger partial charge in [-0.3, -0.25) is 23.5 Å². The van der Waals surface area contributed by atoms with Crippen molar-refractivity contribution >= 4 is 175 Å². The average molecular weight is 1920 g/mol. The van der Waals surface area contributed by atoms with Crippen LogP contribution in [-0.4, -0.2) is 155 Å². The highest BCUT2D eigenvalue weighted by Crippen LogP contribution is 2.38. The molecule has 1 unspecified atom stereocenters. The normalized spacial score (nSPS) is 13.8. The molecule has 15 aromatic heterocycles. The van der Waals surface area contributed by atoms with Crippen molar-refractivity contribution in [3.63, 3.8) is 0 Å². The highest BCUT2D eigenvalue weighted by atomic mass is 32.1. The molecule has 137 heavy (non-hydrogen) atoms. The van der Waals surface area contributed by atoms with Crippen molar-refractivity contribution in [1.82, 2.24) is 109 Å². The van der Waals surface area contributed by atoms with Crippen molar-refractivity contribution in [2.24, 2.45) is 14.1 Å². The molecule has 3 aliphatic heterocycles. The predicted octanol–water partition coefficient (Wildman–Crippen LogP) is 22.0. The summed E-state index contributed by atoms with van der Waals surface area (Å²) in [6.07, 6.45) is 21.7. The lowest BCUT2D eigenvalue weighted by atomic mass is 10.1. The molecule has 7 N–H and O–H groups in total. The second kappa shape index (κ2) is 43.9. The lowest BCUT2D eigenvalue weighted by Crippen LogP contribution is -2.38. The summed E-state index contributed by atoms with van der Waals surface area (Å²) in [4.78, 5) is 72.5. The Morgan fingerprint density at radius 3 is 1.23 bits per heavy atom. The summed E-state index contributed by atoms with van der Waals surface area (Å²) in [5, 5.41) is 44.4. The van der Waals surface area contributed by atoms with E-state index in [1.807, 2.05) is 267 Å². The van der Waals surface area contributed by atoms with Gasteiger partial charge in [-0.2, -0.15) is 25.4 Å². The minimum absolute atomic E-state index is 0.0446. The summed E-state index contributed by atoms with van der Waals surface area (Å²) >= 11 is 7.34. The number of pyridine rings is 5. The molecule has 3 fully saturated rings. The van der Waals surface area contributed by atoms with Crippen LogP contribution in [0.4, 0.5) is 60.4 Å². The van der Waals surface area contributed by atoms with E-state index in [9.17, 15) is 4.79 Å². The Balaban J connectivity index is 0.000000110. The molecule has 690 valence electrons. The predicted molar refractivity (Wildman–Crippen MR) is 537 cm³/mol. The minimum atomic E-state index is -0.0446. The lowest BCUT2D eigenvalue weighted by Gasteiger charge is -2.24. The fraction of sp³-hybridized carbons (Fsp3) is 0.186. The van der Waals surface area contributed by atoms with E-state index in [4.69, 9.17) is 28.4 Å². The van der Waals surface area contributed by atoms with Gasteiger partial charge in [-0.25, -0.2) is 54.8 Å². The number of aromatic nitrogens is 20. The van der Waals surface area contributed by atoms with Gasteiger partial charge in [0, 0.05) is 120 Å². The van der Waals surface area contributed by atoms with Gasteiger partial charge in [0.25, 0.3) is 0 Å². The first-order valence-electron chi connectivity index (χ1n) is 44.1. The van der Waals surface area contributed by atoms with E-state index >= 15 is 0 Å². The van der Waals surface area contributed by atoms with Gasteiger partial charge in [-0.1, -0.05) is 154 Å². The van der Waals surface area contributed by atoms with Crippen LogP contribution in [0.2, 0.25) is 0 Å². The molecule has 0 saturated carbocycles. The summed E-state index contributed by atoms with van der Waals surface area (Å²) in [7, 11) is 3.75. The van der Waals surface area contributed by atoms with Gasteiger partial charge in [0.15, 0.2) is 37.3 Å². The maximum atomic E-state index is 12.1. The largest absolute Gasteiger partial charge is 0.439 e. The maximum Gasteiger partial charge on any atom is 0.246 e. The molecule has 20 aromatic rings. The zero-order valence-corrected chi connectivity index (χ0v) is 78.1. The van der Waals surface area contributed by atoms with Gasteiger partial charge in [-0.05, 0) is 161 Å². The Bertz CT molecular complexity index is 7040. The summed E-state index contributed by atoms with van der Waals surface area (Å²) in [6, 6.07) is 73.3. The number of carbonyl (C=O) groups excluding carboxylic acids is 1. The quantitative estimate of drug-likeness (QED) is 0.0261. The number of nitrogens with one attached hydrogen (secondary N) is 7. The number of fused-ring (bicyclic) bond motifs is 5. The Morgan fingerprint density at radius 1 is 0.409 bits per heavy atom. The van der Waals surface area contributed by atoms with Crippen molar-refractivity contribution < 1.29 is 33.2 Å². The number of para-hydroxylation sites is 5. The first kappa shape index (κ1) is 90.3. The molecule has 1 amide bonds. The molecule has 3 aliphatic rings. The summed E-state index contributed by atoms with van der Waals surface area (Å²) in [5.74, 6) is 9.14. The van der Waals surface area contributed by atoms with Crippen molar-refractivity contribution in [2.75, 3.05) is 71.3 Å². The number of hydrogen-bond donors (Lipinski definition) is 7. The maximum absolute atomic E-state index is 12.1. The lowest BCUT2D eigenvalue weighted by molar-refractivity contribution is -0.126. The number of likely N-dealkylation sites (tertiary alicyclic amines) is 1. The number of ether oxygens (including phenoxy) is 6. The van der Waals surface area contributed by atoms with Crippen molar-refractivity contribution in [3.8, 4) is 58.1 Å². The number of thiazole rings is 5. The van der Waals surface area contributed by atoms with Crippen LogP contribution in [0.3, 0.4) is 0 Å². The number of hydrogen-bond acceptors (Lipinski definition) is 35. The van der Waals surface area contributed by atoms with E-state index in [1.165, 1.54) is 62.8 Å². The summed E-state index contributed by atoms with van der Waals surface area (Å²) < 4.78 is 41.9. The standard InChI is InChI=1S/C25H25N7O2S.C20H20N6OS.C20H19N5O2S.2C16H13N5OS/c1-2-22(33)32-15-7-6-8-17(16-32)27-24-26-14-13-20(29-24)30-25-28-19-11-12-21(31-23(19)35-25)34-18-9-4-3-5-10-18;1-2-4-16(5-3-1)27-18-7-6-17-19(25-18)28-20(24-17)23-14-12-22-26(13-14)15-8-10-21-11-9-15;1-2-4-15(5-3-1)27-18-7-6-16-19(23-18)28-20(21-16)22-17-8-11-25(24-17)14-9-12-26-13-10-14;1-21-10-11(9-17-21)18-16-19-13-7-8-14(20-15(13)23-16)22-12-5-3-2-4-6-12;1-21-10-9-13(20-21)18-16-17-12-7-8-14(19-15(12)23-16)22-11-5-3-2-4-6-11/h2-5,9-14,17H,1,6-8,15-16H2,(H2,26,27,28,29,30);1-7,12-13,15,21H,8-11H2,(H,23,24);1-8,11,14H,9-10,12-13H2,(H,21,22,24);2-10H,1H3,(H,18,19);2-10H,1H3,(H,17,18,20). The average Bonchev–Trinajstić information content (AvgIpc) is 1.69. The Hall–Kier alpha value is -15.9. The van der Waals surface area contributed by atoms with Crippen LogP contribution in [0.15, 0.2) is 287 Å². The van der Waals surface area contributed by atoms with Crippen LogP contribution < -0.4 is 60.9 Å². The van der Waals surface area contributed by atoms with Gasteiger partial charge in [0.1, 0.15) is 86.3 Å². The third-order valence-electron chi connectivity index (χ3n) is 21.2. The van der Waals surface area contributed by atoms with Crippen LogP contribution in [0.25, 0.3) is 51.7 Å². The zero-order valence-electron chi connectivity index (χ0n) is 74.0. The zero-order chi connectivity index (χ0) is 92.9. The number of nitrogens with zero attached hydrogens (tertiary/aromatic N) is 21. The van der Waals surface area contributed by atoms with Crippen molar-refractivity contribution in [2.45, 2.75) is 63.1 Å². The number of anilines is 11. The van der Waals surface area contributed by atoms with Crippen LogP contribution in [0.1, 0.15) is 57.0 Å². The van der Waals surface area contributed by atoms with Crippen LogP contribution in [0.5, 0.6) is 58.1 Å². The van der Waals surface area contributed by atoms with Gasteiger partial charge >= 0.3 is 0 Å². The number of piperidine rings is 1. The number of rotatable bonds is 25. The molecule has 40 heteroatoms. The molecular formula is C97H90N28O7S5. The Morgan fingerprint density at radius 2 is 0.810 bits per heavy atom. The highest BCUT2D eigenvalue weighted by Gasteiger charge is 2.24. The second-order valence-corrected chi connectivity index (χ2v) is 36.1. The molecule has 35 nitrogen and oxygen atoms in total. The van der Waals surface area contributed by atoms with Gasteiger partial charge in [-0.15, -0.1) is 0 Å². The highest BCUT2D eigenvalue weighted by molar-refractivity contribution is 7.23. The van der Waals surface area contributed by atoms with Crippen molar-refractivity contribution in [3.05, 3.63) is 287 Å². The van der Waals surface area contributed by atoms with E-state index in [2.05, 4.69) is 135 Å². The first-order chi connectivity index (χ1) is 67.3. The number of benzene rings is 5. The van der Waals surface area contributed by atoms with Gasteiger partial charge in [0.2, 0.25) is 41.3 Å². The van der Waals surface area contributed by atoms with Crippen LogP contribution in [-0.2, 0) is 23.6 Å². The molecule has 1 atom stereocenters. The van der Waals surface area contributed by atoms with E-state index in [1.54, 1.807) is 33.9 Å². The molecule has 0 radical (unpaired) electrons. The summed E-state index contributed by atoms with van der Waals surface area (Å²) in [5.41, 5.74) is 5.95. The smallest absolute Gasteiger partial charge is 0.246 e. The van der Waals surface area contributed by atoms with Gasteiger partial charge < -0.3 is 70.5 Å². The molecule has 3 saturated heterocycles. The molecule has 0 spiro atoms. The second-order valence-electron chi connectivity index (χ2n) is 31.2. The summed E-state index contributed by atoms with van der Waals surface area (Å²) in [6.45, 7) is 8.63. The van der Waals surface area contributed by atoms with E-state index in [0.717, 1.165) is 202 Å². The molecule has 0 aliphatic carbocycles. The fourth-order valence-corrected chi connectivity index (χ4v) is 18.9. The number of amides is 1. The Labute approximate surface area is 804 Å². The molecule has 5 aromatic carbocycles.